The molecule has 1 N–H and O–H groups in total. The van der Waals surface area contributed by atoms with Gasteiger partial charge in [-0.15, -0.1) is 0 Å². The Bertz CT molecular complexity index is 740. The quantitative estimate of drug-likeness (QED) is 0.882. The van der Waals surface area contributed by atoms with E-state index in [0.717, 1.165) is 11.3 Å². The van der Waals surface area contributed by atoms with Crippen LogP contribution < -0.4 is 19.5 Å². The second-order valence-corrected chi connectivity index (χ2v) is 4.96. The van der Waals surface area contributed by atoms with Crippen LogP contribution in [0.1, 0.15) is 5.56 Å². The minimum atomic E-state index is -0.215. The number of hydrogen-bond acceptors (Lipinski definition) is 4. The summed E-state index contributed by atoms with van der Waals surface area (Å²) in [6.07, 6.45) is 3.21. The molecule has 0 unspecified atom stereocenters. The van der Waals surface area contributed by atoms with Gasteiger partial charge in [-0.2, -0.15) is 0 Å². The van der Waals surface area contributed by atoms with E-state index in [4.69, 9.17) is 14.2 Å². The maximum Gasteiger partial charge on any atom is 0.248 e. The Kier molecular flexibility index (Phi) is 4.47. The summed E-state index contributed by atoms with van der Waals surface area (Å²) in [5.74, 6) is 1.91. The van der Waals surface area contributed by atoms with Gasteiger partial charge in [-0.3, -0.25) is 4.79 Å². The van der Waals surface area contributed by atoms with Gasteiger partial charge >= 0.3 is 0 Å². The number of rotatable bonds is 4. The zero-order valence-electron chi connectivity index (χ0n) is 12.7. The van der Waals surface area contributed by atoms with Gasteiger partial charge < -0.3 is 19.5 Å². The van der Waals surface area contributed by atoms with Gasteiger partial charge in [0.1, 0.15) is 19.0 Å². The normalized spacial score (nSPS) is 12.9. The predicted octanol–water partition coefficient (Wildman–Crippen LogP) is 3.12. The molecule has 0 fully saturated rings. The van der Waals surface area contributed by atoms with Crippen molar-refractivity contribution in [2.24, 2.45) is 0 Å². The largest absolute Gasteiger partial charge is 0.497 e. The lowest BCUT2D eigenvalue weighted by Gasteiger charge is -2.18. The lowest BCUT2D eigenvalue weighted by atomic mass is 10.2. The predicted molar refractivity (Wildman–Crippen MR) is 88.1 cm³/mol. The number of benzene rings is 2. The number of carbonyl (C=O) groups excluding carboxylic acids is 1. The Hall–Kier alpha value is -2.95. The van der Waals surface area contributed by atoms with Crippen LogP contribution in [0.25, 0.3) is 6.08 Å². The van der Waals surface area contributed by atoms with Gasteiger partial charge in [0.15, 0.2) is 11.5 Å². The molecule has 0 aliphatic carbocycles. The number of amides is 1. The van der Waals surface area contributed by atoms with Gasteiger partial charge in [-0.25, -0.2) is 0 Å². The highest BCUT2D eigenvalue weighted by atomic mass is 16.6. The van der Waals surface area contributed by atoms with Gasteiger partial charge in [-0.1, -0.05) is 12.1 Å². The van der Waals surface area contributed by atoms with Crippen molar-refractivity contribution in [2.75, 3.05) is 25.6 Å². The summed E-state index contributed by atoms with van der Waals surface area (Å²) in [6, 6.07) is 12.8. The molecule has 0 spiro atoms. The molecular formula is C18H17NO4. The molecule has 0 saturated carbocycles. The SMILES string of the molecule is COc1cccc(NC(=O)/C=C/c2ccc3c(c2)OCCO3)c1. The molecular weight excluding hydrogens is 294 g/mol. The van der Waals surface area contributed by atoms with Crippen molar-refractivity contribution >= 4 is 17.7 Å². The van der Waals surface area contributed by atoms with E-state index >= 15 is 0 Å². The van der Waals surface area contributed by atoms with Crippen LogP contribution in [0.2, 0.25) is 0 Å². The first kappa shape index (κ1) is 15.0. The molecule has 5 heteroatoms. The summed E-state index contributed by atoms with van der Waals surface area (Å²) in [5.41, 5.74) is 1.55. The van der Waals surface area contributed by atoms with E-state index in [1.807, 2.05) is 30.3 Å². The highest BCUT2D eigenvalue weighted by molar-refractivity contribution is 6.02. The number of ether oxygens (including phenoxy) is 3. The standard InChI is InChI=1S/C18H17NO4/c1-21-15-4-2-3-14(12-15)19-18(20)8-6-13-5-7-16-17(11-13)23-10-9-22-16/h2-8,11-12H,9-10H2,1H3,(H,19,20)/b8-6+. The number of anilines is 1. The third-order valence-electron chi connectivity index (χ3n) is 3.33. The van der Waals surface area contributed by atoms with Gasteiger partial charge in [0.25, 0.3) is 0 Å². The fraction of sp³-hybridized carbons (Fsp3) is 0.167. The highest BCUT2D eigenvalue weighted by Gasteiger charge is 2.10. The first-order chi connectivity index (χ1) is 11.2. The molecule has 23 heavy (non-hydrogen) atoms. The van der Waals surface area contributed by atoms with Crippen molar-refractivity contribution in [3.05, 3.63) is 54.1 Å². The van der Waals surface area contributed by atoms with Crippen LogP contribution in [-0.4, -0.2) is 26.2 Å². The molecule has 1 amide bonds. The van der Waals surface area contributed by atoms with E-state index < -0.39 is 0 Å². The minimum Gasteiger partial charge on any atom is -0.497 e. The molecule has 0 atom stereocenters. The van der Waals surface area contributed by atoms with E-state index in [0.29, 0.717) is 30.4 Å². The van der Waals surface area contributed by atoms with Crippen LogP contribution in [0.15, 0.2) is 48.5 Å². The van der Waals surface area contributed by atoms with Gasteiger partial charge in [0.2, 0.25) is 5.91 Å². The third kappa shape index (κ3) is 3.83. The number of hydrogen-bond donors (Lipinski definition) is 1. The van der Waals surface area contributed by atoms with E-state index in [1.165, 1.54) is 6.08 Å². The summed E-state index contributed by atoms with van der Waals surface area (Å²) in [6.45, 7) is 1.10. The summed E-state index contributed by atoms with van der Waals surface area (Å²) in [7, 11) is 1.59. The lowest BCUT2D eigenvalue weighted by molar-refractivity contribution is -0.111. The van der Waals surface area contributed by atoms with E-state index in [2.05, 4.69) is 5.32 Å². The lowest BCUT2D eigenvalue weighted by Crippen LogP contribution is -2.15. The minimum absolute atomic E-state index is 0.215. The zero-order valence-corrected chi connectivity index (χ0v) is 12.7. The Balaban J connectivity index is 1.66. The van der Waals surface area contributed by atoms with E-state index in [1.54, 1.807) is 25.3 Å². The summed E-state index contributed by atoms with van der Waals surface area (Å²) in [5, 5.41) is 2.79. The molecule has 3 rings (SSSR count). The van der Waals surface area contributed by atoms with Gasteiger partial charge in [-0.05, 0) is 35.9 Å². The molecule has 1 aliphatic heterocycles. The molecule has 0 saturated heterocycles. The highest BCUT2D eigenvalue weighted by Crippen LogP contribution is 2.31. The molecule has 2 aromatic rings. The molecule has 118 valence electrons. The van der Waals surface area contributed by atoms with Crippen molar-refractivity contribution in [3.63, 3.8) is 0 Å². The summed E-state index contributed by atoms with van der Waals surface area (Å²) >= 11 is 0. The van der Waals surface area contributed by atoms with Crippen LogP contribution in [-0.2, 0) is 4.79 Å². The van der Waals surface area contributed by atoms with Crippen LogP contribution in [0.5, 0.6) is 17.2 Å². The Morgan fingerprint density at radius 2 is 1.96 bits per heavy atom. The number of methoxy groups -OCH3 is 1. The summed E-state index contributed by atoms with van der Waals surface area (Å²) in [4.78, 5) is 12.0. The molecule has 0 bridgehead atoms. The smallest absolute Gasteiger partial charge is 0.248 e. The third-order valence-corrected chi connectivity index (χ3v) is 3.33. The van der Waals surface area contributed by atoms with Gasteiger partial charge in [0, 0.05) is 17.8 Å². The average Bonchev–Trinajstić information content (AvgIpc) is 2.60. The second kappa shape index (κ2) is 6.87. The maximum atomic E-state index is 12.0. The van der Waals surface area contributed by atoms with E-state index in [-0.39, 0.29) is 5.91 Å². The zero-order chi connectivity index (χ0) is 16.1. The maximum absolute atomic E-state index is 12.0. The first-order valence-corrected chi connectivity index (χ1v) is 7.27. The van der Waals surface area contributed by atoms with Gasteiger partial charge in [0.05, 0.1) is 7.11 Å². The van der Waals surface area contributed by atoms with Crippen LogP contribution in [0.3, 0.4) is 0 Å². The van der Waals surface area contributed by atoms with Crippen molar-refractivity contribution in [3.8, 4) is 17.2 Å². The average molecular weight is 311 g/mol. The Labute approximate surface area is 134 Å². The molecule has 2 aromatic carbocycles. The second-order valence-electron chi connectivity index (χ2n) is 4.96. The monoisotopic (exact) mass is 311 g/mol. The van der Waals surface area contributed by atoms with Crippen molar-refractivity contribution in [2.45, 2.75) is 0 Å². The van der Waals surface area contributed by atoms with Crippen molar-refractivity contribution < 1.29 is 19.0 Å². The van der Waals surface area contributed by atoms with Crippen molar-refractivity contribution in [1.29, 1.82) is 0 Å². The topological polar surface area (TPSA) is 56.8 Å². The fourth-order valence-corrected chi connectivity index (χ4v) is 2.22. The Morgan fingerprint density at radius 1 is 1.13 bits per heavy atom. The van der Waals surface area contributed by atoms with Crippen LogP contribution >= 0.6 is 0 Å². The van der Waals surface area contributed by atoms with Crippen LogP contribution in [0, 0.1) is 0 Å². The molecule has 5 nitrogen and oxygen atoms in total. The molecule has 0 aromatic heterocycles. The molecule has 0 radical (unpaired) electrons. The number of carbonyl (C=O) groups is 1. The fourth-order valence-electron chi connectivity index (χ4n) is 2.22. The van der Waals surface area contributed by atoms with E-state index in [9.17, 15) is 4.79 Å². The first-order valence-electron chi connectivity index (χ1n) is 7.27. The Morgan fingerprint density at radius 3 is 2.78 bits per heavy atom. The van der Waals surface area contributed by atoms with Crippen LogP contribution in [0.4, 0.5) is 5.69 Å². The number of nitrogens with one attached hydrogen (secondary N) is 1. The molecule has 1 heterocycles. The number of fused-ring (bicyclic) bond motifs is 1. The summed E-state index contributed by atoms with van der Waals surface area (Å²) < 4.78 is 16.1. The molecule has 1 aliphatic rings. The van der Waals surface area contributed by atoms with Crippen molar-refractivity contribution in [1.82, 2.24) is 0 Å².